The molecule has 3 rings (SSSR count). The van der Waals surface area contributed by atoms with E-state index < -0.39 is 10.0 Å². The number of hydrogen-bond acceptors (Lipinski definition) is 5. The van der Waals surface area contributed by atoms with E-state index in [9.17, 15) is 18.0 Å². The molecule has 142 valence electrons. The molecule has 0 atom stereocenters. The average Bonchev–Trinajstić information content (AvgIpc) is 2.96. The van der Waals surface area contributed by atoms with E-state index in [1.807, 2.05) is 6.92 Å². The number of methoxy groups -OCH3 is 1. The number of imide groups is 1. The second-order valence-electron chi connectivity index (χ2n) is 6.03. The number of anilines is 2. The predicted molar refractivity (Wildman–Crippen MR) is 104 cm³/mol. The summed E-state index contributed by atoms with van der Waals surface area (Å²) in [6, 6.07) is 9.23. The number of amides is 2. The number of nitrogens with zero attached hydrogens (tertiary/aromatic N) is 1. The Kier molecular flexibility index (Phi) is 5.25. The van der Waals surface area contributed by atoms with Gasteiger partial charge in [0.25, 0.3) is 10.0 Å². The second-order valence-corrected chi connectivity index (χ2v) is 8.53. The summed E-state index contributed by atoms with van der Waals surface area (Å²) in [7, 11) is -2.66. The molecule has 0 unspecified atom stereocenters. The monoisotopic (exact) mass is 452 g/mol. The highest BCUT2D eigenvalue weighted by molar-refractivity contribution is 9.10. The maximum Gasteiger partial charge on any atom is 0.265 e. The van der Waals surface area contributed by atoms with Crippen LogP contribution in [0.3, 0.4) is 0 Å². The van der Waals surface area contributed by atoms with Crippen molar-refractivity contribution < 1.29 is 22.7 Å². The third kappa shape index (κ3) is 3.84. The Balaban J connectivity index is 2.02. The van der Waals surface area contributed by atoms with Crippen LogP contribution in [-0.2, 0) is 19.6 Å². The Morgan fingerprint density at radius 1 is 1.07 bits per heavy atom. The third-order valence-electron chi connectivity index (χ3n) is 4.16. The zero-order valence-corrected chi connectivity index (χ0v) is 17.1. The zero-order chi connectivity index (χ0) is 19.8. The summed E-state index contributed by atoms with van der Waals surface area (Å²) in [6.07, 6.45) is 0.229. The number of sulfonamides is 1. The van der Waals surface area contributed by atoms with Crippen LogP contribution in [0.1, 0.15) is 18.4 Å². The van der Waals surface area contributed by atoms with Crippen LogP contribution in [0.15, 0.2) is 45.8 Å². The molecule has 9 heteroatoms. The van der Waals surface area contributed by atoms with Crippen LogP contribution in [0.25, 0.3) is 0 Å². The lowest BCUT2D eigenvalue weighted by Crippen LogP contribution is -2.28. The predicted octanol–water partition coefficient (Wildman–Crippen LogP) is 3.22. The molecule has 27 heavy (non-hydrogen) atoms. The van der Waals surface area contributed by atoms with Crippen LogP contribution >= 0.6 is 15.9 Å². The van der Waals surface area contributed by atoms with Crippen LogP contribution < -0.4 is 14.4 Å². The van der Waals surface area contributed by atoms with Crippen molar-refractivity contribution in [1.29, 1.82) is 0 Å². The quantitative estimate of drug-likeness (QED) is 0.702. The topological polar surface area (TPSA) is 92.8 Å². The SMILES string of the molecule is COc1ccc(N2C(=O)CCC2=O)cc1S(=O)(=O)Nc1ccc(Br)c(C)c1. The fourth-order valence-corrected chi connectivity index (χ4v) is 4.28. The minimum atomic E-state index is -4.01. The highest BCUT2D eigenvalue weighted by Gasteiger charge is 2.32. The van der Waals surface area contributed by atoms with Gasteiger partial charge in [-0.15, -0.1) is 0 Å². The summed E-state index contributed by atoms with van der Waals surface area (Å²) in [5, 5.41) is 0. The van der Waals surface area contributed by atoms with Crippen molar-refractivity contribution >= 4 is 49.1 Å². The fourth-order valence-electron chi connectivity index (χ4n) is 2.80. The van der Waals surface area contributed by atoms with Crippen molar-refractivity contribution in [2.75, 3.05) is 16.7 Å². The first-order chi connectivity index (χ1) is 12.7. The molecule has 1 aliphatic heterocycles. The molecule has 7 nitrogen and oxygen atoms in total. The minimum Gasteiger partial charge on any atom is -0.495 e. The molecule has 2 aromatic carbocycles. The van der Waals surface area contributed by atoms with Gasteiger partial charge in [-0.3, -0.25) is 19.2 Å². The maximum atomic E-state index is 12.9. The number of hydrogen-bond donors (Lipinski definition) is 1. The lowest BCUT2D eigenvalue weighted by molar-refractivity contribution is -0.121. The summed E-state index contributed by atoms with van der Waals surface area (Å²) in [5.41, 5.74) is 1.45. The summed E-state index contributed by atoms with van der Waals surface area (Å²) in [4.78, 5) is 24.8. The average molecular weight is 453 g/mol. The van der Waals surface area contributed by atoms with Crippen LogP contribution in [0.5, 0.6) is 5.75 Å². The number of carbonyl (C=O) groups excluding carboxylic acids is 2. The Morgan fingerprint density at radius 2 is 1.74 bits per heavy atom. The van der Waals surface area contributed by atoms with E-state index in [-0.39, 0.29) is 41.0 Å². The maximum absolute atomic E-state index is 12.9. The van der Waals surface area contributed by atoms with Gasteiger partial charge in [0.2, 0.25) is 11.8 Å². The van der Waals surface area contributed by atoms with Gasteiger partial charge >= 0.3 is 0 Å². The van der Waals surface area contributed by atoms with Gasteiger partial charge in [0.05, 0.1) is 12.8 Å². The summed E-state index contributed by atoms with van der Waals surface area (Å²) >= 11 is 3.37. The molecule has 1 aliphatic rings. The molecule has 1 saturated heterocycles. The van der Waals surface area contributed by atoms with E-state index in [1.165, 1.54) is 25.3 Å². The Bertz CT molecular complexity index is 1020. The first-order valence-corrected chi connectivity index (χ1v) is 10.3. The first kappa shape index (κ1) is 19.4. The Labute approximate surface area is 165 Å². The number of benzene rings is 2. The van der Waals surface area contributed by atoms with Gasteiger partial charge < -0.3 is 4.74 Å². The summed E-state index contributed by atoms with van der Waals surface area (Å²) in [6.45, 7) is 1.84. The van der Waals surface area contributed by atoms with E-state index in [1.54, 1.807) is 18.2 Å². The molecule has 2 aromatic rings. The minimum absolute atomic E-state index is 0.110. The molecular formula is C18H17BrN2O5S. The largest absolute Gasteiger partial charge is 0.495 e. The highest BCUT2D eigenvalue weighted by Crippen LogP contribution is 2.32. The van der Waals surface area contributed by atoms with Gasteiger partial charge in [-0.2, -0.15) is 0 Å². The molecule has 1 fully saturated rings. The molecule has 0 saturated carbocycles. The lowest BCUT2D eigenvalue weighted by Gasteiger charge is -2.17. The Morgan fingerprint density at radius 3 is 2.33 bits per heavy atom. The summed E-state index contributed by atoms with van der Waals surface area (Å²) in [5.74, 6) is -0.603. The van der Waals surface area contributed by atoms with Crippen molar-refractivity contribution in [2.24, 2.45) is 0 Å². The zero-order valence-electron chi connectivity index (χ0n) is 14.7. The molecule has 2 amide bonds. The molecular weight excluding hydrogens is 436 g/mol. The van der Waals surface area contributed by atoms with Gasteiger partial charge in [0.15, 0.2) is 0 Å². The van der Waals surface area contributed by atoms with Crippen molar-refractivity contribution in [3.63, 3.8) is 0 Å². The number of carbonyl (C=O) groups is 2. The van der Waals surface area contributed by atoms with E-state index in [0.717, 1.165) is 14.9 Å². The van der Waals surface area contributed by atoms with Gasteiger partial charge in [-0.25, -0.2) is 8.42 Å². The normalized spacial score (nSPS) is 14.6. The van der Waals surface area contributed by atoms with Crippen LogP contribution in [-0.4, -0.2) is 27.3 Å². The molecule has 0 spiro atoms. The molecule has 0 bridgehead atoms. The Hall–Kier alpha value is -2.39. The molecule has 1 heterocycles. The number of halogens is 1. The van der Waals surface area contributed by atoms with Crippen LogP contribution in [0, 0.1) is 6.92 Å². The van der Waals surface area contributed by atoms with E-state index in [4.69, 9.17) is 4.74 Å². The number of rotatable bonds is 5. The van der Waals surface area contributed by atoms with Gasteiger partial charge in [0, 0.05) is 23.0 Å². The smallest absolute Gasteiger partial charge is 0.265 e. The van der Waals surface area contributed by atoms with Gasteiger partial charge in [-0.05, 0) is 48.9 Å². The third-order valence-corrected chi connectivity index (χ3v) is 6.45. The lowest BCUT2D eigenvalue weighted by atomic mass is 10.2. The van der Waals surface area contributed by atoms with E-state index in [2.05, 4.69) is 20.7 Å². The van der Waals surface area contributed by atoms with Crippen LogP contribution in [0.4, 0.5) is 11.4 Å². The summed E-state index contributed by atoms with van der Waals surface area (Å²) < 4.78 is 34.4. The standard InChI is InChI=1S/C18H17BrN2O5S/c1-11-9-12(3-5-14(11)19)20-27(24,25)16-10-13(4-6-15(16)26-2)21-17(22)7-8-18(21)23/h3-6,9-10,20H,7-8H2,1-2H3. The number of ether oxygens (including phenoxy) is 1. The number of aryl methyl sites for hydroxylation is 1. The second kappa shape index (κ2) is 7.32. The molecule has 0 aliphatic carbocycles. The van der Waals surface area contributed by atoms with Crippen molar-refractivity contribution in [3.05, 3.63) is 46.4 Å². The molecule has 0 radical (unpaired) electrons. The highest BCUT2D eigenvalue weighted by atomic mass is 79.9. The van der Waals surface area contributed by atoms with Crippen molar-refractivity contribution in [1.82, 2.24) is 0 Å². The van der Waals surface area contributed by atoms with Crippen molar-refractivity contribution in [3.8, 4) is 5.75 Å². The van der Waals surface area contributed by atoms with Gasteiger partial charge in [0.1, 0.15) is 10.6 Å². The molecule has 0 aromatic heterocycles. The number of nitrogens with one attached hydrogen (secondary N) is 1. The van der Waals surface area contributed by atoms with Crippen molar-refractivity contribution in [2.45, 2.75) is 24.7 Å². The van der Waals surface area contributed by atoms with E-state index >= 15 is 0 Å². The van der Waals surface area contributed by atoms with E-state index in [0.29, 0.717) is 5.69 Å². The first-order valence-electron chi connectivity index (χ1n) is 8.06. The molecule has 1 N–H and O–H groups in total. The fraction of sp³-hybridized carbons (Fsp3) is 0.222. The van der Waals surface area contributed by atoms with Gasteiger partial charge in [-0.1, -0.05) is 15.9 Å². The van der Waals surface area contributed by atoms with Crippen LogP contribution in [0.2, 0.25) is 0 Å².